The normalized spacial score (nSPS) is 13.1. The molecule has 4 aromatic rings. The van der Waals surface area contributed by atoms with E-state index in [4.69, 9.17) is 0 Å². The number of ketones is 1. The molecular formula is C24H15F6N3O. The fourth-order valence-corrected chi connectivity index (χ4v) is 3.61. The van der Waals surface area contributed by atoms with Crippen LogP contribution in [0.25, 0.3) is 11.0 Å². The van der Waals surface area contributed by atoms with E-state index < -0.39 is 47.3 Å². The van der Waals surface area contributed by atoms with Crippen LogP contribution in [0.2, 0.25) is 0 Å². The molecular weight excluding hydrogens is 460 g/mol. The van der Waals surface area contributed by atoms with Crippen LogP contribution in [-0.4, -0.2) is 20.7 Å². The van der Waals surface area contributed by atoms with Gasteiger partial charge in [-0.15, -0.1) is 0 Å². The van der Waals surface area contributed by atoms with Crippen LogP contribution in [0.1, 0.15) is 45.2 Å². The highest BCUT2D eigenvalue weighted by molar-refractivity contribution is 5.96. The fraction of sp³-hybridized carbons (Fsp3) is 0.167. The second-order valence-electron chi connectivity index (χ2n) is 7.48. The number of halogens is 6. The second kappa shape index (κ2) is 8.85. The maximum Gasteiger partial charge on any atom is 0.418 e. The lowest BCUT2D eigenvalue weighted by atomic mass is 9.86. The number of Topliss-reactive ketones (excluding diaryl/α,β-unsaturated/α-hetero) is 1. The lowest BCUT2D eigenvalue weighted by molar-refractivity contribution is -0.139. The number of fused-ring (bicyclic) bond motifs is 1. The number of carbonyl (C=O) groups is 1. The van der Waals surface area contributed by atoms with Gasteiger partial charge in [-0.1, -0.05) is 12.1 Å². The average Bonchev–Trinajstić information content (AvgIpc) is 2.81. The number of aromatic nitrogens is 3. The van der Waals surface area contributed by atoms with Crippen molar-refractivity contribution in [3.05, 3.63) is 101 Å². The van der Waals surface area contributed by atoms with E-state index in [-0.39, 0.29) is 16.9 Å². The maximum atomic E-state index is 13.7. The number of rotatable bonds is 5. The van der Waals surface area contributed by atoms with Crippen molar-refractivity contribution in [2.75, 3.05) is 0 Å². The highest BCUT2D eigenvalue weighted by Crippen LogP contribution is 2.39. The monoisotopic (exact) mass is 475 g/mol. The van der Waals surface area contributed by atoms with Gasteiger partial charge in [-0.2, -0.15) is 26.3 Å². The van der Waals surface area contributed by atoms with Crippen LogP contribution in [-0.2, 0) is 12.4 Å². The molecule has 0 saturated carbocycles. The van der Waals surface area contributed by atoms with Crippen LogP contribution < -0.4 is 0 Å². The van der Waals surface area contributed by atoms with E-state index in [1.54, 1.807) is 18.2 Å². The number of benzene rings is 1. The third kappa shape index (κ3) is 4.90. The van der Waals surface area contributed by atoms with Crippen LogP contribution in [0.4, 0.5) is 26.3 Å². The van der Waals surface area contributed by atoms with Gasteiger partial charge in [0, 0.05) is 30.1 Å². The molecule has 0 spiro atoms. The molecule has 1 atom stereocenters. The summed E-state index contributed by atoms with van der Waals surface area (Å²) >= 11 is 0. The Balaban J connectivity index is 1.77. The van der Waals surface area contributed by atoms with E-state index in [0.29, 0.717) is 5.39 Å². The molecule has 0 amide bonds. The molecule has 4 rings (SSSR count). The Morgan fingerprint density at radius 2 is 1.47 bits per heavy atom. The van der Waals surface area contributed by atoms with Crippen LogP contribution in [0, 0.1) is 0 Å². The first-order chi connectivity index (χ1) is 16.0. The number of carbonyl (C=O) groups excluding carboxylic acids is 1. The molecule has 0 saturated heterocycles. The molecule has 3 heterocycles. The molecule has 3 aromatic heterocycles. The summed E-state index contributed by atoms with van der Waals surface area (Å²) in [7, 11) is 0. The van der Waals surface area contributed by atoms with Gasteiger partial charge < -0.3 is 0 Å². The zero-order valence-corrected chi connectivity index (χ0v) is 17.2. The Morgan fingerprint density at radius 3 is 2.15 bits per heavy atom. The van der Waals surface area contributed by atoms with Crippen LogP contribution in [0.15, 0.2) is 73.1 Å². The molecule has 0 fully saturated rings. The number of hydrogen-bond donors (Lipinski definition) is 0. The topological polar surface area (TPSA) is 55.7 Å². The summed E-state index contributed by atoms with van der Waals surface area (Å²) in [4.78, 5) is 25.2. The van der Waals surface area contributed by atoms with Crippen molar-refractivity contribution >= 4 is 16.8 Å². The predicted octanol–water partition coefficient (Wildman–Crippen LogP) is 6.47. The highest BCUT2D eigenvalue weighted by atomic mass is 19.4. The summed E-state index contributed by atoms with van der Waals surface area (Å²) in [5, 5.41) is 0.669. The first kappa shape index (κ1) is 23.3. The molecule has 0 N–H and O–H groups in total. The summed E-state index contributed by atoms with van der Waals surface area (Å²) in [6, 6.07) is 12.0. The van der Waals surface area contributed by atoms with Gasteiger partial charge in [0.1, 0.15) is 5.69 Å². The van der Waals surface area contributed by atoms with E-state index >= 15 is 0 Å². The molecule has 0 aliphatic carbocycles. The highest BCUT2D eigenvalue weighted by Gasteiger charge is 2.37. The quantitative estimate of drug-likeness (QED) is 0.245. The molecule has 0 aliphatic rings. The van der Waals surface area contributed by atoms with Crippen LogP contribution >= 0.6 is 0 Å². The molecule has 174 valence electrons. The minimum atomic E-state index is -4.78. The summed E-state index contributed by atoms with van der Waals surface area (Å²) in [6.07, 6.45) is -7.25. The van der Waals surface area contributed by atoms with Gasteiger partial charge in [-0.3, -0.25) is 9.78 Å². The van der Waals surface area contributed by atoms with Crippen molar-refractivity contribution in [3.63, 3.8) is 0 Å². The SMILES string of the molecule is O=C(C[C@@H](c1ccc(C(F)(F)F)cc1)c1ncccc1C(F)(F)F)c1ccc2cccnc2n1. The predicted molar refractivity (Wildman–Crippen MR) is 111 cm³/mol. The van der Waals surface area contributed by atoms with Crippen molar-refractivity contribution in [1.82, 2.24) is 15.0 Å². The Hall–Kier alpha value is -3.82. The largest absolute Gasteiger partial charge is 0.418 e. The zero-order chi connectivity index (χ0) is 24.5. The fourth-order valence-electron chi connectivity index (χ4n) is 3.61. The van der Waals surface area contributed by atoms with Gasteiger partial charge in [-0.05, 0) is 54.1 Å². The van der Waals surface area contributed by atoms with E-state index in [2.05, 4.69) is 15.0 Å². The molecule has 0 bridgehead atoms. The van der Waals surface area contributed by atoms with Gasteiger partial charge in [0.2, 0.25) is 0 Å². The third-order valence-corrected chi connectivity index (χ3v) is 5.25. The smallest absolute Gasteiger partial charge is 0.292 e. The van der Waals surface area contributed by atoms with Crippen molar-refractivity contribution in [2.24, 2.45) is 0 Å². The lowest BCUT2D eigenvalue weighted by Gasteiger charge is -2.21. The molecule has 0 aliphatic heterocycles. The van der Waals surface area contributed by atoms with E-state index in [1.807, 2.05) is 0 Å². The Labute approximate surface area is 189 Å². The number of alkyl halides is 6. The third-order valence-electron chi connectivity index (χ3n) is 5.25. The van der Waals surface area contributed by atoms with Gasteiger partial charge in [0.15, 0.2) is 11.4 Å². The molecule has 4 nitrogen and oxygen atoms in total. The number of nitrogens with zero attached hydrogens (tertiary/aromatic N) is 3. The summed E-state index contributed by atoms with van der Waals surface area (Å²) in [5.74, 6) is -1.86. The van der Waals surface area contributed by atoms with Gasteiger partial charge in [-0.25, -0.2) is 9.97 Å². The molecule has 10 heteroatoms. The summed E-state index contributed by atoms with van der Waals surface area (Å²) < 4.78 is 80.0. The van der Waals surface area contributed by atoms with E-state index in [0.717, 1.165) is 42.6 Å². The average molecular weight is 475 g/mol. The molecule has 34 heavy (non-hydrogen) atoms. The van der Waals surface area contributed by atoms with Gasteiger partial charge in [0.05, 0.1) is 16.8 Å². The summed E-state index contributed by atoms with van der Waals surface area (Å²) in [5.41, 5.74) is -2.13. The minimum absolute atomic E-state index is 0.0207. The minimum Gasteiger partial charge on any atom is -0.292 e. The molecule has 0 radical (unpaired) electrons. The van der Waals surface area contributed by atoms with E-state index in [1.165, 1.54) is 12.3 Å². The first-order valence-corrected chi connectivity index (χ1v) is 9.98. The van der Waals surface area contributed by atoms with Crippen LogP contribution in [0.5, 0.6) is 0 Å². The van der Waals surface area contributed by atoms with Crippen molar-refractivity contribution < 1.29 is 31.1 Å². The lowest BCUT2D eigenvalue weighted by Crippen LogP contribution is -2.18. The van der Waals surface area contributed by atoms with Crippen LogP contribution in [0.3, 0.4) is 0 Å². The van der Waals surface area contributed by atoms with Crippen molar-refractivity contribution in [3.8, 4) is 0 Å². The van der Waals surface area contributed by atoms with Gasteiger partial charge >= 0.3 is 12.4 Å². The molecule has 1 aromatic carbocycles. The number of pyridine rings is 3. The second-order valence-corrected chi connectivity index (χ2v) is 7.48. The standard InChI is InChI=1S/C24H15F6N3O/c25-23(26,27)16-8-5-14(6-9-16)17(21-18(24(28,29)30)4-2-11-31-21)13-20(34)19-10-7-15-3-1-12-32-22(15)33-19/h1-12,17H,13H2/t17-/m0/s1. The van der Waals surface area contributed by atoms with E-state index in [9.17, 15) is 31.1 Å². The Morgan fingerprint density at radius 1 is 0.794 bits per heavy atom. The summed E-state index contributed by atoms with van der Waals surface area (Å²) in [6.45, 7) is 0. The Kier molecular flexibility index (Phi) is 6.07. The Bertz CT molecular complexity index is 1330. The van der Waals surface area contributed by atoms with Crippen molar-refractivity contribution in [2.45, 2.75) is 24.7 Å². The molecule has 0 unspecified atom stereocenters. The first-order valence-electron chi connectivity index (χ1n) is 9.98. The zero-order valence-electron chi connectivity index (χ0n) is 17.2. The van der Waals surface area contributed by atoms with Crippen molar-refractivity contribution in [1.29, 1.82) is 0 Å². The van der Waals surface area contributed by atoms with Gasteiger partial charge in [0.25, 0.3) is 0 Å². The number of hydrogen-bond acceptors (Lipinski definition) is 4. The maximum absolute atomic E-state index is 13.7.